The number of aryl methyl sites for hydroxylation is 1. The molecule has 1 aliphatic heterocycles. The van der Waals surface area contributed by atoms with Crippen LogP contribution in [0.2, 0.25) is 0 Å². The Morgan fingerprint density at radius 3 is 2.36 bits per heavy atom. The minimum atomic E-state index is 0.499. The Morgan fingerprint density at radius 2 is 1.71 bits per heavy atom. The number of benzene rings is 2. The van der Waals surface area contributed by atoms with Crippen LogP contribution in [0, 0.1) is 6.92 Å². The van der Waals surface area contributed by atoms with E-state index in [1.165, 1.54) is 5.69 Å². The zero-order valence-corrected chi connectivity index (χ0v) is 16.7. The Labute approximate surface area is 166 Å². The zero-order chi connectivity index (χ0) is 19.5. The summed E-state index contributed by atoms with van der Waals surface area (Å²) in [4.78, 5) is 0. The largest absolute Gasteiger partial charge is 0.497 e. The number of hydrogen-bond donors (Lipinski definition) is 1. The molecule has 0 amide bonds. The summed E-state index contributed by atoms with van der Waals surface area (Å²) in [6, 6.07) is 16.6. The van der Waals surface area contributed by atoms with Gasteiger partial charge in [0.05, 0.1) is 31.3 Å². The molecule has 1 aliphatic rings. The van der Waals surface area contributed by atoms with E-state index in [0.29, 0.717) is 5.92 Å². The molecule has 0 unspecified atom stereocenters. The average Bonchev–Trinajstić information content (AvgIpc) is 3.20. The highest BCUT2D eigenvalue weighted by Gasteiger charge is 2.21. The van der Waals surface area contributed by atoms with Gasteiger partial charge < -0.3 is 14.8 Å². The Bertz CT molecular complexity index is 941. The van der Waals surface area contributed by atoms with Crippen molar-refractivity contribution in [1.29, 1.82) is 0 Å². The third kappa shape index (κ3) is 3.62. The molecule has 1 fully saturated rings. The molecule has 1 aromatic heterocycles. The predicted molar refractivity (Wildman–Crippen MR) is 112 cm³/mol. The van der Waals surface area contributed by atoms with Crippen molar-refractivity contribution in [1.82, 2.24) is 15.1 Å². The second-order valence-electron chi connectivity index (χ2n) is 7.27. The first kappa shape index (κ1) is 18.6. The van der Waals surface area contributed by atoms with E-state index in [1.807, 2.05) is 18.2 Å². The molecule has 3 aromatic rings. The van der Waals surface area contributed by atoms with E-state index >= 15 is 0 Å². The van der Waals surface area contributed by atoms with Gasteiger partial charge in [0.15, 0.2) is 0 Å². The lowest BCUT2D eigenvalue weighted by Crippen LogP contribution is -2.26. The van der Waals surface area contributed by atoms with Crippen LogP contribution in [0.5, 0.6) is 11.5 Å². The van der Waals surface area contributed by atoms with Crippen molar-refractivity contribution in [2.75, 3.05) is 27.3 Å². The van der Waals surface area contributed by atoms with Gasteiger partial charge in [0.2, 0.25) is 0 Å². The number of nitrogens with one attached hydrogen (secondary N) is 1. The number of aromatic nitrogens is 2. The minimum Gasteiger partial charge on any atom is -0.497 e. The Morgan fingerprint density at radius 1 is 0.964 bits per heavy atom. The van der Waals surface area contributed by atoms with E-state index in [-0.39, 0.29) is 0 Å². The van der Waals surface area contributed by atoms with Gasteiger partial charge in [0.25, 0.3) is 0 Å². The third-order valence-electron chi connectivity index (χ3n) is 5.49. The second-order valence-corrected chi connectivity index (χ2v) is 7.27. The first-order valence-electron chi connectivity index (χ1n) is 9.79. The van der Waals surface area contributed by atoms with E-state index in [0.717, 1.165) is 59.9 Å². The van der Waals surface area contributed by atoms with Gasteiger partial charge in [-0.1, -0.05) is 0 Å². The van der Waals surface area contributed by atoms with E-state index in [9.17, 15) is 0 Å². The van der Waals surface area contributed by atoms with Crippen LogP contribution in [0.15, 0.2) is 48.5 Å². The van der Waals surface area contributed by atoms with Gasteiger partial charge in [-0.3, -0.25) is 0 Å². The molecule has 0 spiro atoms. The summed E-state index contributed by atoms with van der Waals surface area (Å²) in [6.45, 7) is 4.18. The quantitative estimate of drug-likeness (QED) is 0.719. The molecule has 0 radical (unpaired) electrons. The summed E-state index contributed by atoms with van der Waals surface area (Å²) in [6.07, 6.45) is 2.25. The van der Waals surface area contributed by atoms with Crippen LogP contribution in [0.3, 0.4) is 0 Å². The molecular weight excluding hydrogens is 350 g/mol. The number of nitrogens with zero attached hydrogens (tertiary/aromatic N) is 2. The van der Waals surface area contributed by atoms with Crippen LogP contribution in [0.1, 0.15) is 30.0 Å². The molecule has 146 valence electrons. The van der Waals surface area contributed by atoms with Crippen LogP contribution in [-0.2, 0) is 0 Å². The first-order chi connectivity index (χ1) is 13.7. The van der Waals surface area contributed by atoms with Gasteiger partial charge in [-0.2, -0.15) is 5.10 Å². The number of piperidine rings is 1. The van der Waals surface area contributed by atoms with Crippen molar-refractivity contribution >= 4 is 0 Å². The summed E-state index contributed by atoms with van der Waals surface area (Å²) in [5.41, 5.74) is 5.56. The maximum Gasteiger partial charge on any atom is 0.121 e. The molecule has 0 atom stereocenters. The highest BCUT2D eigenvalue weighted by Crippen LogP contribution is 2.33. The molecule has 5 nitrogen and oxygen atoms in total. The SMILES string of the molecule is COc1ccc(-n2nc(C3CCNCC3)cc2-c2ccc(OC)c(C)c2)cc1. The highest BCUT2D eigenvalue weighted by molar-refractivity contribution is 5.65. The molecule has 2 aromatic carbocycles. The number of rotatable bonds is 5. The summed E-state index contributed by atoms with van der Waals surface area (Å²) in [7, 11) is 3.39. The number of methoxy groups -OCH3 is 2. The molecule has 4 rings (SSSR count). The Hall–Kier alpha value is -2.79. The van der Waals surface area contributed by atoms with E-state index in [4.69, 9.17) is 14.6 Å². The smallest absolute Gasteiger partial charge is 0.121 e. The molecule has 0 bridgehead atoms. The summed E-state index contributed by atoms with van der Waals surface area (Å²) in [5, 5.41) is 8.46. The highest BCUT2D eigenvalue weighted by atomic mass is 16.5. The van der Waals surface area contributed by atoms with Crippen LogP contribution in [0.4, 0.5) is 0 Å². The van der Waals surface area contributed by atoms with Crippen molar-refractivity contribution in [2.24, 2.45) is 0 Å². The fraction of sp³-hybridized carbons (Fsp3) is 0.348. The van der Waals surface area contributed by atoms with Gasteiger partial charge in [-0.15, -0.1) is 0 Å². The van der Waals surface area contributed by atoms with Gasteiger partial charge >= 0.3 is 0 Å². The zero-order valence-electron chi connectivity index (χ0n) is 16.7. The summed E-state index contributed by atoms with van der Waals surface area (Å²) >= 11 is 0. The lowest BCUT2D eigenvalue weighted by Gasteiger charge is -2.20. The molecule has 0 saturated carbocycles. The van der Waals surface area contributed by atoms with Gasteiger partial charge in [0, 0.05) is 11.5 Å². The van der Waals surface area contributed by atoms with E-state index < -0.39 is 0 Å². The van der Waals surface area contributed by atoms with Crippen molar-refractivity contribution in [3.63, 3.8) is 0 Å². The lowest BCUT2D eigenvalue weighted by molar-refractivity contribution is 0.412. The van der Waals surface area contributed by atoms with Gasteiger partial charge in [0.1, 0.15) is 11.5 Å². The molecule has 1 saturated heterocycles. The topological polar surface area (TPSA) is 48.3 Å². The molecule has 2 heterocycles. The molecule has 28 heavy (non-hydrogen) atoms. The van der Waals surface area contributed by atoms with Gasteiger partial charge in [-0.05, 0) is 86.9 Å². The molecule has 1 N–H and O–H groups in total. The van der Waals surface area contributed by atoms with Crippen LogP contribution < -0.4 is 14.8 Å². The van der Waals surface area contributed by atoms with Crippen molar-refractivity contribution in [2.45, 2.75) is 25.7 Å². The predicted octanol–water partition coefficient (Wildman–Crippen LogP) is 4.33. The summed E-state index contributed by atoms with van der Waals surface area (Å²) < 4.78 is 12.8. The van der Waals surface area contributed by atoms with Crippen molar-refractivity contribution in [3.05, 3.63) is 59.8 Å². The van der Waals surface area contributed by atoms with Crippen LogP contribution >= 0.6 is 0 Å². The summed E-state index contributed by atoms with van der Waals surface area (Å²) in [5.74, 6) is 2.24. The van der Waals surface area contributed by atoms with E-state index in [2.05, 4.69) is 47.3 Å². The van der Waals surface area contributed by atoms with Crippen LogP contribution in [-0.4, -0.2) is 37.1 Å². The lowest BCUT2D eigenvalue weighted by atomic mass is 9.94. The van der Waals surface area contributed by atoms with Crippen LogP contribution in [0.25, 0.3) is 16.9 Å². The normalized spacial score (nSPS) is 14.8. The first-order valence-corrected chi connectivity index (χ1v) is 9.79. The van der Waals surface area contributed by atoms with Crippen molar-refractivity contribution < 1.29 is 9.47 Å². The van der Waals surface area contributed by atoms with Gasteiger partial charge in [-0.25, -0.2) is 4.68 Å². The number of ether oxygens (including phenoxy) is 2. The second kappa shape index (κ2) is 8.07. The molecular formula is C23H27N3O2. The maximum absolute atomic E-state index is 5.43. The maximum atomic E-state index is 5.43. The van der Waals surface area contributed by atoms with Crippen molar-refractivity contribution in [3.8, 4) is 28.4 Å². The number of hydrogen-bond acceptors (Lipinski definition) is 4. The average molecular weight is 377 g/mol. The molecule has 5 heteroatoms. The standard InChI is InChI=1S/C23H27N3O2/c1-16-14-18(4-9-23(16)28-3)22-15-21(17-10-12-24-13-11-17)25-26(22)19-5-7-20(27-2)8-6-19/h4-9,14-15,17,24H,10-13H2,1-3H3. The van der Waals surface area contributed by atoms with E-state index in [1.54, 1.807) is 14.2 Å². The monoisotopic (exact) mass is 377 g/mol. The minimum absolute atomic E-state index is 0.499. The molecule has 0 aliphatic carbocycles. The Kier molecular flexibility index (Phi) is 5.35. The third-order valence-corrected chi connectivity index (χ3v) is 5.49. The Balaban J connectivity index is 1.80. The fourth-order valence-corrected chi connectivity index (χ4v) is 3.88. The fourth-order valence-electron chi connectivity index (χ4n) is 3.88.